The minimum Gasteiger partial charge on any atom is -0.367 e. The zero-order valence-corrected chi connectivity index (χ0v) is 21.6. The van der Waals surface area contributed by atoms with Crippen LogP contribution in [0.1, 0.15) is 29.5 Å². The Morgan fingerprint density at radius 2 is 1.57 bits per heavy atom. The third kappa shape index (κ3) is 5.00. The molecule has 0 atom stereocenters. The predicted molar refractivity (Wildman–Crippen MR) is 152 cm³/mol. The van der Waals surface area contributed by atoms with Crippen molar-refractivity contribution in [2.45, 2.75) is 39.3 Å². The van der Waals surface area contributed by atoms with Gasteiger partial charge in [0.1, 0.15) is 5.82 Å². The SMILES string of the molecule is Cc1ccccc1-c1cc(NC2CCN(Cc3cccc(-c4ccccc4)c3)CC2)n2ncc(C)c2n1. The zero-order valence-electron chi connectivity index (χ0n) is 21.6. The number of piperidine rings is 1. The molecule has 1 N–H and O–H groups in total. The summed E-state index contributed by atoms with van der Waals surface area (Å²) >= 11 is 0. The standard InChI is InChI=1S/C32H33N5/c1-23-9-6-7-14-29(23)30-20-31(37-32(35-30)24(2)21-33-37)34-28-15-17-36(18-16-28)22-25-10-8-13-27(19-25)26-11-4-3-5-12-26/h3-14,19-21,28,34H,15-18,22H2,1-2H3. The number of aromatic nitrogens is 3. The van der Waals surface area contributed by atoms with Crippen molar-refractivity contribution in [1.29, 1.82) is 0 Å². The molecule has 3 heterocycles. The molecule has 0 radical (unpaired) electrons. The Hall–Kier alpha value is -3.96. The Morgan fingerprint density at radius 3 is 2.38 bits per heavy atom. The van der Waals surface area contributed by atoms with E-state index in [1.807, 2.05) is 10.7 Å². The third-order valence-corrected chi connectivity index (χ3v) is 7.45. The van der Waals surface area contributed by atoms with Crippen LogP contribution in [0.3, 0.4) is 0 Å². The van der Waals surface area contributed by atoms with Gasteiger partial charge in [0.25, 0.3) is 0 Å². The van der Waals surface area contributed by atoms with Crippen LogP contribution in [0.2, 0.25) is 0 Å². The first-order valence-corrected chi connectivity index (χ1v) is 13.2. The molecule has 0 aliphatic carbocycles. The summed E-state index contributed by atoms with van der Waals surface area (Å²) in [4.78, 5) is 7.53. The molecule has 2 aromatic heterocycles. The molecule has 1 aliphatic heterocycles. The van der Waals surface area contributed by atoms with Crippen LogP contribution in [-0.4, -0.2) is 38.6 Å². The Labute approximate surface area is 218 Å². The molecule has 1 saturated heterocycles. The maximum Gasteiger partial charge on any atom is 0.160 e. The van der Waals surface area contributed by atoms with E-state index in [2.05, 4.69) is 114 Å². The number of rotatable bonds is 6. The van der Waals surface area contributed by atoms with Gasteiger partial charge in [0.05, 0.1) is 11.9 Å². The smallest absolute Gasteiger partial charge is 0.160 e. The molecule has 0 spiro atoms. The Kier molecular flexibility index (Phi) is 6.46. The lowest BCUT2D eigenvalue weighted by molar-refractivity contribution is 0.211. The second-order valence-electron chi connectivity index (χ2n) is 10.2. The maximum absolute atomic E-state index is 4.96. The van der Waals surface area contributed by atoms with E-state index in [1.54, 1.807) is 0 Å². The van der Waals surface area contributed by atoms with Gasteiger partial charge in [0, 0.05) is 42.9 Å². The van der Waals surface area contributed by atoms with Gasteiger partial charge >= 0.3 is 0 Å². The lowest BCUT2D eigenvalue weighted by atomic mass is 10.0. The Balaban J connectivity index is 1.15. The number of hydrogen-bond donors (Lipinski definition) is 1. The first-order chi connectivity index (χ1) is 18.1. The molecule has 5 heteroatoms. The molecular formula is C32H33N5. The van der Waals surface area contributed by atoms with Crippen molar-refractivity contribution in [2.75, 3.05) is 18.4 Å². The molecule has 37 heavy (non-hydrogen) atoms. The van der Waals surface area contributed by atoms with Crippen LogP contribution in [0.4, 0.5) is 5.82 Å². The van der Waals surface area contributed by atoms with Crippen LogP contribution in [0.5, 0.6) is 0 Å². The molecule has 0 unspecified atom stereocenters. The first-order valence-electron chi connectivity index (χ1n) is 13.2. The quantitative estimate of drug-likeness (QED) is 0.288. The highest BCUT2D eigenvalue weighted by atomic mass is 15.3. The summed E-state index contributed by atoms with van der Waals surface area (Å²) in [6.45, 7) is 7.35. The average molecular weight is 488 g/mol. The molecule has 0 saturated carbocycles. The van der Waals surface area contributed by atoms with E-state index in [0.29, 0.717) is 6.04 Å². The minimum atomic E-state index is 0.409. The lowest BCUT2D eigenvalue weighted by Gasteiger charge is -2.33. The Morgan fingerprint density at radius 1 is 0.811 bits per heavy atom. The van der Waals surface area contributed by atoms with E-state index >= 15 is 0 Å². The van der Waals surface area contributed by atoms with Gasteiger partial charge in [-0.2, -0.15) is 9.61 Å². The fourth-order valence-electron chi connectivity index (χ4n) is 5.36. The normalized spacial score (nSPS) is 14.8. The van der Waals surface area contributed by atoms with Crippen molar-refractivity contribution < 1.29 is 0 Å². The minimum absolute atomic E-state index is 0.409. The van der Waals surface area contributed by atoms with Gasteiger partial charge in [-0.3, -0.25) is 4.90 Å². The number of fused-ring (bicyclic) bond motifs is 1. The van der Waals surface area contributed by atoms with Gasteiger partial charge in [-0.25, -0.2) is 4.98 Å². The molecule has 3 aromatic carbocycles. The largest absolute Gasteiger partial charge is 0.367 e. The van der Waals surface area contributed by atoms with E-state index in [0.717, 1.165) is 55.2 Å². The molecule has 1 fully saturated rings. The van der Waals surface area contributed by atoms with Crippen molar-refractivity contribution in [3.05, 3.63) is 108 Å². The van der Waals surface area contributed by atoms with E-state index in [1.165, 1.54) is 27.8 Å². The predicted octanol–water partition coefficient (Wildman–Crippen LogP) is 6.76. The second-order valence-corrected chi connectivity index (χ2v) is 10.2. The monoisotopic (exact) mass is 487 g/mol. The number of anilines is 1. The molecule has 0 bridgehead atoms. The molecule has 6 rings (SSSR count). The highest BCUT2D eigenvalue weighted by Crippen LogP contribution is 2.28. The van der Waals surface area contributed by atoms with Crippen molar-refractivity contribution in [3.8, 4) is 22.4 Å². The van der Waals surface area contributed by atoms with Gasteiger partial charge in [0.15, 0.2) is 5.65 Å². The fraction of sp³-hybridized carbons (Fsp3) is 0.250. The van der Waals surface area contributed by atoms with Crippen molar-refractivity contribution >= 4 is 11.5 Å². The molecule has 1 aliphatic rings. The highest BCUT2D eigenvalue weighted by molar-refractivity contribution is 5.70. The van der Waals surface area contributed by atoms with Crippen LogP contribution in [0.25, 0.3) is 28.0 Å². The molecule has 0 amide bonds. The number of nitrogens with zero attached hydrogens (tertiary/aromatic N) is 4. The fourth-order valence-corrected chi connectivity index (χ4v) is 5.36. The molecular weight excluding hydrogens is 454 g/mol. The van der Waals surface area contributed by atoms with Crippen molar-refractivity contribution in [1.82, 2.24) is 19.5 Å². The molecule has 5 aromatic rings. The topological polar surface area (TPSA) is 45.5 Å². The molecule has 186 valence electrons. The number of benzene rings is 3. The summed E-state index contributed by atoms with van der Waals surface area (Å²) in [5.41, 5.74) is 9.33. The Bertz CT molecular complexity index is 1510. The number of nitrogens with one attached hydrogen (secondary N) is 1. The number of hydrogen-bond acceptors (Lipinski definition) is 4. The van der Waals surface area contributed by atoms with E-state index in [-0.39, 0.29) is 0 Å². The zero-order chi connectivity index (χ0) is 25.2. The molecule has 5 nitrogen and oxygen atoms in total. The third-order valence-electron chi connectivity index (χ3n) is 7.45. The van der Waals surface area contributed by atoms with Gasteiger partial charge in [-0.05, 0) is 55.0 Å². The van der Waals surface area contributed by atoms with Crippen LogP contribution in [0, 0.1) is 13.8 Å². The van der Waals surface area contributed by atoms with Gasteiger partial charge in [-0.15, -0.1) is 0 Å². The van der Waals surface area contributed by atoms with Gasteiger partial charge in [0.2, 0.25) is 0 Å². The second kappa shape index (κ2) is 10.2. The van der Waals surface area contributed by atoms with Gasteiger partial charge in [-0.1, -0.05) is 72.8 Å². The van der Waals surface area contributed by atoms with Crippen LogP contribution in [0.15, 0.2) is 91.1 Å². The van der Waals surface area contributed by atoms with E-state index < -0.39 is 0 Å². The maximum atomic E-state index is 4.96. The summed E-state index contributed by atoms with van der Waals surface area (Å²) in [5, 5.41) is 8.44. The summed E-state index contributed by atoms with van der Waals surface area (Å²) in [6, 6.07) is 30.6. The van der Waals surface area contributed by atoms with Gasteiger partial charge < -0.3 is 5.32 Å². The lowest BCUT2D eigenvalue weighted by Crippen LogP contribution is -2.39. The van der Waals surface area contributed by atoms with Crippen LogP contribution >= 0.6 is 0 Å². The van der Waals surface area contributed by atoms with Crippen LogP contribution in [-0.2, 0) is 6.54 Å². The summed E-state index contributed by atoms with van der Waals surface area (Å²) in [7, 11) is 0. The number of aryl methyl sites for hydroxylation is 2. The van der Waals surface area contributed by atoms with Crippen molar-refractivity contribution in [2.24, 2.45) is 0 Å². The summed E-state index contributed by atoms with van der Waals surface area (Å²) < 4.78 is 1.96. The average Bonchev–Trinajstić information content (AvgIpc) is 3.31. The van der Waals surface area contributed by atoms with Crippen molar-refractivity contribution in [3.63, 3.8) is 0 Å². The van der Waals surface area contributed by atoms with E-state index in [9.17, 15) is 0 Å². The first kappa shape index (κ1) is 23.4. The summed E-state index contributed by atoms with van der Waals surface area (Å²) in [6.07, 6.45) is 4.10. The van der Waals surface area contributed by atoms with Crippen LogP contribution < -0.4 is 5.32 Å². The van der Waals surface area contributed by atoms with E-state index in [4.69, 9.17) is 4.98 Å². The number of likely N-dealkylation sites (tertiary alicyclic amines) is 1. The highest BCUT2D eigenvalue weighted by Gasteiger charge is 2.21. The summed E-state index contributed by atoms with van der Waals surface area (Å²) in [5.74, 6) is 1.02.